The lowest BCUT2D eigenvalue weighted by molar-refractivity contribution is 0.101. The first-order valence-electron chi connectivity index (χ1n) is 15.6. The third-order valence-corrected chi connectivity index (χ3v) is 9.27. The van der Waals surface area contributed by atoms with Crippen LogP contribution in [0.2, 0.25) is 5.02 Å². The molecule has 2 aliphatic rings. The van der Waals surface area contributed by atoms with Gasteiger partial charge in [-0.1, -0.05) is 17.7 Å². The number of ether oxygens (including phenoxy) is 5. The van der Waals surface area contributed by atoms with Crippen molar-refractivity contribution in [1.29, 1.82) is 0 Å². The number of hydrogen-bond acceptors (Lipinski definition) is 9. The van der Waals surface area contributed by atoms with Crippen LogP contribution in [-0.2, 0) is 6.54 Å². The molecule has 13 heteroatoms. The Kier molecular flexibility index (Phi) is 9.59. The van der Waals surface area contributed by atoms with Gasteiger partial charge in [-0.3, -0.25) is 14.4 Å². The number of nitrogens with zero attached hydrogens (tertiary/aromatic N) is 2. The zero-order valence-corrected chi connectivity index (χ0v) is 28.6. The summed E-state index contributed by atoms with van der Waals surface area (Å²) >= 11 is 6.35. The normalized spacial score (nSPS) is 16.2. The first-order valence-corrected chi connectivity index (χ1v) is 16.0. The van der Waals surface area contributed by atoms with E-state index < -0.39 is 11.8 Å². The fourth-order valence-electron chi connectivity index (χ4n) is 6.71. The molecule has 1 fully saturated rings. The molecule has 4 aromatic rings. The number of hydrogen-bond donors (Lipinski definition) is 2. The fourth-order valence-corrected chi connectivity index (χ4v) is 6.95. The molecule has 3 aromatic carbocycles. The molecule has 2 amide bonds. The first-order chi connectivity index (χ1) is 23.7. The number of pyridine rings is 1. The van der Waals surface area contributed by atoms with Crippen molar-refractivity contribution in [3.63, 3.8) is 0 Å². The van der Waals surface area contributed by atoms with Gasteiger partial charge in [-0.25, -0.2) is 0 Å². The Bertz CT molecular complexity index is 1950. The molecule has 6 rings (SSSR count). The summed E-state index contributed by atoms with van der Waals surface area (Å²) in [5.41, 5.74) is 3.07. The lowest BCUT2D eigenvalue weighted by atomic mass is 9.83. The first kappa shape index (κ1) is 33.5. The molecule has 49 heavy (non-hydrogen) atoms. The number of fused-ring (bicyclic) bond motifs is 4. The Morgan fingerprint density at radius 1 is 0.714 bits per heavy atom. The number of piperidine rings is 1. The number of carbonyl (C=O) groups excluding carboxylic acids is 2. The van der Waals surface area contributed by atoms with Gasteiger partial charge < -0.3 is 43.8 Å². The van der Waals surface area contributed by atoms with Gasteiger partial charge in [0.05, 0.1) is 57.6 Å². The minimum atomic E-state index is -0.448. The second-order valence-electron chi connectivity index (χ2n) is 11.8. The summed E-state index contributed by atoms with van der Waals surface area (Å²) in [5, 5.41) is 6.19. The Morgan fingerprint density at radius 2 is 1.39 bits per heavy atom. The molecule has 2 unspecified atom stereocenters. The Hall–Kier alpha value is -5.36. The number of halogens is 1. The van der Waals surface area contributed by atoms with Gasteiger partial charge in [0.1, 0.15) is 11.5 Å². The SMILES string of the molecule is COc1cc(OC)c(NC(=O)c2ccc(N3CC4CC(C3)c3cccc(=O)n3C4)c(NC(=O)c3cc(OC)c(OC)c(OC)c3)c2)cc1Cl. The summed E-state index contributed by atoms with van der Waals surface area (Å²) in [6.07, 6.45) is 0.958. The van der Waals surface area contributed by atoms with Crippen LogP contribution in [0, 0.1) is 5.92 Å². The molecule has 0 radical (unpaired) electrons. The summed E-state index contributed by atoms with van der Waals surface area (Å²) in [6.45, 7) is 1.90. The lowest BCUT2D eigenvalue weighted by Gasteiger charge is -2.44. The van der Waals surface area contributed by atoms with Crippen molar-refractivity contribution in [3.8, 4) is 28.7 Å². The third kappa shape index (κ3) is 6.56. The Labute approximate surface area is 288 Å². The molecule has 0 spiro atoms. The van der Waals surface area contributed by atoms with Crippen molar-refractivity contribution in [1.82, 2.24) is 4.57 Å². The van der Waals surface area contributed by atoms with Gasteiger partial charge in [-0.2, -0.15) is 0 Å². The van der Waals surface area contributed by atoms with Crippen molar-refractivity contribution < 1.29 is 33.3 Å². The van der Waals surface area contributed by atoms with E-state index in [0.29, 0.717) is 64.8 Å². The number of rotatable bonds is 10. The molecule has 12 nitrogen and oxygen atoms in total. The average Bonchev–Trinajstić information content (AvgIpc) is 3.11. The topological polar surface area (TPSA) is 130 Å². The quantitative estimate of drug-likeness (QED) is 0.216. The minimum absolute atomic E-state index is 0.00379. The average molecular weight is 689 g/mol. The highest BCUT2D eigenvalue weighted by Crippen LogP contribution is 2.42. The van der Waals surface area contributed by atoms with E-state index in [0.717, 1.165) is 17.8 Å². The van der Waals surface area contributed by atoms with E-state index in [-0.39, 0.29) is 28.5 Å². The van der Waals surface area contributed by atoms with Crippen LogP contribution in [0.4, 0.5) is 17.1 Å². The maximum atomic E-state index is 13.9. The third-order valence-electron chi connectivity index (χ3n) is 8.98. The molecule has 1 saturated heterocycles. The zero-order valence-electron chi connectivity index (χ0n) is 27.8. The molecular formula is C36H37ClN4O8. The molecule has 0 saturated carbocycles. The number of amides is 2. The smallest absolute Gasteiger partial charge is 0.255 e. The van der Waals surface area contributed by atoms with Gasteiger partial charge in [-0.05, 0) is 54.8 Å². The van der Waals surface area contributed by atoms with E-state index in [2.05, 4.69) is 15.5 Å². The molecular weight excluding hydrogens is 652 g/mol. The van der Waals surface area contributed by atoms with Crippen LogP contribution in [0.1, 0.15) is 38.7 Å². The second kappa shape index (κ2) is 14.0. The summed E-state index contributed by atoms with van der Waals surface area (Å²) in [6, 6.07) is 16.8. The summed E-state index contributed by atoms with van der Waals surface area (Å²) in [4.78, 5) is 42.4. The van der Waals surface area contributed by atoms with E-state index in [1.54, 1.807) is 48.5 Å². The summed E-state index contributed by atoms with van der Waals surface area (Å²) in [5.74, 6) is 1.21. The van der Waals surface area contributed by atoms with Gasteiger partial charge in [-0.15, -0.1) is 0 Å². The summed E-state index contributed by atoms with van der Waals surface area (Å²) < 4.78 is 29.0. The molecule has 2 atom stereocenters. The Morgan fingerprint density at radius 3 is 2.06 bits per heavy atom. The van der Waals surface area contributed by atoms with Crippen LogP contribution in [0.5, 0.6) is 28.7 Å². The minimum Gasteiger partial charge on any atom is -0.495 e. The molecule has 2 N–H and O–H groups in total. The number of methoxy groups -OCH3 is 5. The van der Waals surface area contributed by atoms with Crippen LogP contribution in [-0.4, -0.2) is 65.0 Å². The highest BCUT2D eigenvalue weighted by atomic mass is 35.5. The number of benzene rings is 3. The van der Waals surface area contributed by atoms with E-state index in [4.69, 9.17) is 35.3 Å². The van der Waals surface area contributed by atoms with E-state index in [1.165, 1.54) is 35.5 Å². The predicted octanol–water partition coefficient (Wildman–Crippen LogP) is 5.67. The molecule has 0 aliphatic carbocycles. The lowest BCUT2D eigenvalue weighted by Crippen LogP contribution is -2.47. The maximum Gasteiger partial charge on any atom is 0.255 e. The van der Waals surface area contributed by atoms with Crippen molar-refractivity contribution in [3.05, 3.63) is 92.9 Å². The molecule has 2 bridgehead atoms. The molecule has 1 aromatic heterocycles. The number of carbonyl (C=O) groups is 2. The van der Waals surface area contributed by atoms with Crippen molar-refractivity contribution in [2.75, 3.05) is 64.2 Å². The van der Waals surface area contributed by atoms with Gasteiger partial charge in [0.2, 0.25) is 5.75 Å². The van der Waals surface area contributed by atoms with E-state index >= 15 is 0 Å². The number of anilines is 3. The molecule has 256 valence electrons. The van der Waals surface area contributed by atoms with Gasteiger partial charge in [0, 0.05) is 54.5 Å². The highest BCUT2D eigenvalue weighted by molar-refractivity contribution is 6.32. The zero-order chi connectivity index (χ0) is 34.8. The van der Waals surface area contributed by atoms with E-state index in [1.807, 2.05) is 16.7 Å². The van der Waals surface area contributed by atoms with Crippen LogP contribution in [0.3, 0.4) is 0 Å². The van der Waals surface area contributed by atoms with Crippen molar-refractivity contribution in [2.24, 2.45) is 5.92 Å². The molecule has 2 aliphatic heterocycles. The highest BCUT2D eigenvalue weighted by Gasteiger charge is 2.35. The fraction of sp³-hybridized carbons (Fsp3) is 0.306. The van der Waals surface area contributed by atoms with Crippen molar-refractivity contribution in [2.45, 2.75) is 18.9 Å². The number of aromatic nitrogens is 1. The van der Waals surface area contributed by atoms with Crippen LogP contribution < -0.4 is 44.8 Å². The van der Waals surface area contributed by atoms with E-state index in [9.17, 15) is 14.4 Å². The van der Waals surface area contributed by atoms with Crippen molar-refractivity contribution >= 4 is 40.5 Å². The van der Waals surface area contributed by atoms with Crippen LogP contribution >= 0.6 is 11.6 Å². The molecule has 3 heterocycles. The summed E-state index contributed by atoms with van der Waals surface area (Å²) in [7, 11) is 7.41. The van der Waals surface area contributed by atoms with Crippen LogP contribution in [0.25, 0.3) is 0 Å². The predicted molar refractivity (Wildman–Crippen MR) is 187 cm³/mol. The van der Waals surface area contributed by atoms with Gasteiger partial charge in [0.25, 0.3) is 17.4 Å². The van der Waals surface area contributed by atoms with Crippen LogP contribution in [0.15, 0.2) is 65.5 Å². The van der Waals surface area contributed by atoms with Gasteiger partial charge in [0.15, 0.2) is 11.5 Å². The van der Waals surface area contributed by atoms with Gasteiger partial charge >= 0.3 is 0 Å². The monoisotopic (exact) mass is 688 g/mol. The Balaban J connectivity index is 1.37. The maximum absolute atomic E-state index is 13.9. The second-order valence-corrected chi connectivity index (χ2v) is 12.3. The number of nitrogens with one attached hydrogen (secondary N) is 2. The largest absolute Gasteiger partial charge is 0.495 e. The standard InChI is InChI=1S/C36H37ClN4O8/c1-45-29-16-30(46-2)26(15-24(29)37)39-35(43)21-9-10-28(40-17-20-11-23(19-40)27-7-6-8-33(42)41(27)18-20)25(12-21)38-36(44)22-13-31(47-3)34(49-5)32(14-22)48-4/h6-10,12-16,20,23H,11,17-19H2,1-5H3,(H,38,44)(H,39,43).